The summed E-state index contributed by atoms with van der Waals surface area (Å²) in [4.78, 5) is 12.8. The van der Waals surface area contributed by atoms with Gasteiger partial charge in [0.2, 0.25) is 0 Å². The van der Waals surface area contributed by atoms with E-state index in [0.717, 1.165) is 22.0 Å². The fourth-order valence-corrected chi connectivity index (χ4v) is 5.46. The Kier molecular flexibility index (Phi) is 9.11. The summed E-state index contributed by atoms with van der Waals surface area (Å²) in [5, 5.41) is 4.20. The highest BCUT2D eigenvalue weighted by atomic mass is 32.2. The molecule has 0 spiro atoms. The molecule has 202 valence electrons. The summed E-state index contributed by atoms with van der Waals surface area (Å²) in [5.41, 5.74) is 4.14. The monoisotopic (exact) mass is 541 g/mol. The highest BCUT2D eigenvalue weighted by molar-refractivity contribution is 7.92. The molecule has 1 amide bonds. The van der Waals surface area contributed by atoms with Gasteiger partial charge in [-0.25, -0.2) is 18.2 Å². The van der Waals surface area contributed by atoms with E-state index in [9.17, 15) is 17.6 Å². The van der Waals surface area contributed by atoms with Crippen LogP contribution < -0.4 is 19.2 Å². The standard InChI is InChI=1S/C28H32FN3O5S/c1-20(18-28(2,3)21-9-7-6-8-10-21)30-31-27(33)19-32(23-13-11-22(29)12-14-23)38(34,35)24-15-16-25(36-4)26(17-24)37-5/h6-17H,18-19H2,1-5H3,(H,31,33)/b30-20-. The van der Waals surface area contributed by atoms with Crippen molar-refractivity contribution in [3.8, 4) is 11.5 Å². The van der Waals surface area contributed by atoms with E-state index in [1.807, 2.05) is 30.3 Å². The zero-order valence-corrected chi connectivity index (χ0v) is 22.9. The van der Waals surface area contributed by atoms with Crippen LogP contribution in [0.15, 0.2) is 82.8 Å². The van der Waals surface area contributed by atoms with Crippen molar-refractivity contribution in [2.75, 3.05) is 25.1 Å². The highest BCUT2D eigenvalue weighted by Gasteiger charge is 2.29. The van der Waals surface area contributed by atoms with Crippen LogP contribution in [-0.4, -0.2) is 40.8 Å². The Bertz CT molecular complexity index is 1390. The number of anilines is 1. The molecule has 0 heterocycles. The molecule has 3 aromatic rings. The van der Waals surface area contributed by atoms with Gasteiger partial charge in [0.25, 0.3) is 15.9 Å². The van der Waals surface area contributed by atoms with E-state index in [4.69, 9.17) is 9.47 Å². The zero-order valence-electron chi connectivity index (χ0n) is 22.1. The summed E-state index contributed by atoms with van der Waals surface area (Å²) in [6.45, 7) is 5.37. The van der Waals surface area contributed by atoms with Gasteiger partial charge in [-0.2, -0.15) is 5.10 Å². The van der Waals surface area contributed by atoms with Crippen molar-refractivity contribution in [2.45, 2.75) is 37.5 Å². The number of methoxy groups -OCH3 is 2. The first-order valence-corrected chi connectivity index (χ1v) is 13.3. The van der Waals surface area contributed by atoms with Crippen molar-refractivity contribution in [3.05, 3.63) is 84.2 Å². The Hall–Kier alpha value is -3.92. The molecular weight excluding hydrogens is 509 g/mol. The molecular formula is C28H32FN3O5S. The number of hydrazone groups is 1. The fraction of sp³-hybridized carbons (Fsp3) is 0.286. The first-order valence-electron chi connectivity index (χ1n) is 11.9. The number of sulfonamides is 1. The Labute approximate surface area is 223 Å². The quantitative estimate of drug-likeness (QED) is 0.275. The number of benzene rings is 3. The molecule has 38 heavy (non-hydrogen) atoms. The second-order valence-electron chi connectivity index (χ2n) is 9.31. The van der Waals surface area contributed by atoms with Gasteiger partial charge < -0.3 is 9.47 Å². The van der Waals surface area contributed by atoms with Crippen LogP contribution in [0.4, 0.5) is 10.1 Å². The van der Waals surface area contributed by atoms with Gasteiger partial charge in [-0.15, -0.1) is 0 Å². The number of nitrogens with one attached hydrogen (secondary N) is 1. The van der Waals surface area contributed by atoms with Crippen molar-refractivity contribution in [2.24, 2.45) is 5.10 Å². The number of carbonyl (C=O) groups is 1. The summed E-state index contributed by atoms with van der Waals surface area (Å²) >= 11 is 0. The fourth-order valence-electron chi connectivity index (χ4n) is 4.02. The van der Waals surface area contributed by atoms with Crippen LogP contribution >= 0.6 is 0 Å². The molecule has 0 aromatic heterocycles. The van der Waals surface area contributed by atoms with Gasteiger partial charge in [0, 0.05) is 11.8 Å². The number of halogens is 1. The molecule has 0 aliphatic heterocycles. The van der Waals surface area contributed by atoms with Crippen LogP contribution in [0.1, 0.15) is 32.8 Å². The molecule has 0 saturated heterocycles. The minimum Gasteiger partial charge on any atom is -0.493 e. The average Bonchev–Trinajstić information content (AvgIpc) is 2.91. The molecule has 0 fully saturated rings. The van der Waals surface area contributed by atoms with Gasteiger partial charge in [0.05, 0.1) is 24.8 Å². The van der Waals surface area contributed by atoms with Crippen molar-refractivity contribution in [3.63, 3.8) is 0 Å². The maximum atomic E-state index is 13.6. The van der Waals surface area contributed by atoms with E-state index in [0.29, 0.717) is 17.9 Å². The minimum absolute atomic E-state index is 0.113. The van der Waals surface area contributed by atoms with E-state index in [2.05, 4.69) is 24.4 Å². The van der Waals surface area contributed by atoms with Crippen LogP contribution in [0.5, 0.6) is 11.5 Å². The van der Waals surface area contributed by atoms with Gasteiger partial charge in [-0.3, -0.25) is 9.10 Å². The predicted molar refractivity (Wildman–Crippen MR) is 146 cm³/mol. The topological polar surface area (TPSA) is 97.3 Å². The smallest absolute Gasteiger partial charge is 0.264 e. The van der Waals surface area contributed by atoms with Crippen LogP contribution in [0, 0.1) is 5.82 Å². The maximum Gasteiger partial charge on any atom is 0.264 e. The molecule has 0 radical (unpaired) electrons. The van der Waals surface area contributed by atoms with Crippen molar-refractivity contribution >= 4 is 27.3 Å². The Balaban J connectivity index is 1.85. The lowest BCUT2D eigenvalue weighted by Gasteiger charge is -2.25. The van der Waals surface area contributed by atoms with Crippen molar-refractivity contribution in [1.29, 1.82) is 0 Å². The zero-order chi connectivity index (χ0) is 27.9. The number of hydrogen-bond donors (Lipinski definition) is 1. The molecule has 0 saturated carbocycles. The van der Waals surface area contributed by atoms with Gasteiger partial charge in [-0.05, 0) is 60.7 Å². The second-order valence-corrected chi connectivity index (χ2v) is 11.2. The van der Waals surface area contributed by atoms with E-state index in [-0.39, 0.29) is 21.7 Å². The Morgan fingerprint density at radius 3 is 2.21 bits per heavy atom. The third kappa shape index (κ3) is 6.89. The maximum absolute atomic E-state index is 13.6. The highest BCUT2D eigenvalue weighted by Crippen LogP contribution is 2.32. The lowest BCUT2D eigenvalue weighted by Crippen LogP contribution is -2.40. The summed E-state index contributed by atoms with van der Waals surface area (Å²) in [6, 6.07) is 18.9. The summed E-state index contributed by atoms with van der Waals surface area (Å²) in [6.07, 6.45) is 0.572. The number of hydrogen-bond acceptors (Lipinski definition) is 6. The second kappa shape index (κ2) is 12.1. The number of nitrogens with zero attached hydrogens (tertiary/aromatic N) is 2. The van der Waals surface area contributed by atoms with E-state index >= 15 is 0 Å². The van der Waals surface area contributed by atoms with Gasteiger partial charge in [0.15, 0.2) is 11.5 Å². The largest absolute Gasteiger partial charge is 0.493 e. The molecule has 1 N–H and O–H groups in total. The minimum atomic E-state index is -4.26. The molecule has 0 unspecified atom stereocenters. The van der Waals surface area contributed by atoms with Crippen LogP contribution in [0.2, 0.25) is 0 Å². The number of ether oxygens (including phenoxy) is 2. The summed E-state index contributed by atoms with van der Waals surface area (Å²) < 4.78 is 52.2. The van der Waals surface area contributed by atoms with Crippen LogP contribution in [0.3, 0.4) is 0 Å². The van der Waals surface area contributed by atoms with Crippen LogP contribution in [0.25, 0.3) is 0 Å². The molecule has 3 aromatic carbocycles. The predicted octanol–water partition coefficient (Wildman–Crippen LogP) is 4.90. The van der Waals surface area contributed by atoms with Crippen molar-refractivity contribution < 1.29 is 27.1 Å². The first-order chi connectivity index (χ1) is 18.0. The van der Waals surface area contributed by atoms with Crippen molar-refractivity contribution in [1.82, 2.24) is 5.43 Å². The van der Waals surface area contributed by atoms with Gasteiger partial charge >= 0.3 is 0 Å². The molecule has 3 rings (SSSR count). The molecule has 8 nitrogen and oxygen atoms in total. The van der Waals surface area contributed by atoms with Gasteiger partial charge in [0.1, 0.15) is 12.4 Å². The normalized spacial score (nSPS) is 12.1. The lowest BCUT2D eigenvalue weighted by molar-refractivity contribution is -0.119. The summed E-state index contributed by atoms with van der Waals surface area (Å²) in [5.74, 6) is -0.641. The number of rotatable bonds is 11. The third-order valence-electron chi connectivity index (χ3n) is 5.97. The number of carbonyl (C=O) groups excluding carboxylic acids is 1. The number of amides is 1. The van der Waals surface area contributed by atoms with E-state index < -0.39 is 28.3 Å². The Morgan fingerprint density at radius 1 is 0.974 bits per heavy atom. The summed E-state index contributed by atoms with van der Waals surface area (Å²) in [7, 11) is -1.43. The average molecular weight is 542 g/mol. The molecule has 0 atom stereocenters. The third-order valence-corrected chi connectivity index (χ3v) is 7.74. The van der Waals surface area contributed by atoms with Crippen LogP contribution in [-0.2, 0) is 20.2 Å². The molecule has 0 bridgehead atoms. The van der Waals surface area contributed by atoms with Gasteiger partial charge in [-0.1, -0.05) is 44.2 Å². The lowest BCUT2D eigenvalue weighted by atomic mass is 9.80. The SMILES string of the molecule is COc1ccc(S(=O)(=O)N(CC(=O)N/N=C(/C)CC(C)(C)c2ccccc2)c2ccc(F)cc2)cc1OC. The first kappa shape index (κ1) is 28.6. The van der Waals surface area contributed by atoms with E-state index in [1.165, 1.54) is 44.6 Å². The Morgan fingerprint density at radius 2 is 1.61 bits per heavy atom. The van der Waals surface area contributed by atoms with E-state index in [1.54, 1.807) is 6.92 Å². The molecule has 0 aliphatic rings. The molecule has 0 aliphatic carbocycles. The molecule has 10 heteroatoms.